The van der Waals surface area contributed by atoms with Gasteiger partial charge in [0.1, 0.15) is 0 Å². The number of hydrogen-bond acceptors (Lipinski definition) is 4. The lowest BCUT2D eigenvalue weighted by Gasteiger charge is -2.25. The molecule has 3 rings (SSSR count). The standard InChI is InChI=1S/C17H20BrClN2O3S2/c1-3-10(4-2)16(22)20-17-21(13-6-5-11(18)7-12(13)19)14-8-26(23,24)9-15(14)25-17/h5-7,10,14-15H,3-4,8-9H2,1-2H3/t14-,15-/m0/s1. The first kappa shape index (κ1) is 20.2. The summed E-state index contributed by atoms with van der Waals surface area (Å²) in [4.78, 5) is 18.8. The molecular weight excluding hydrogens is 460 g/mol. The molecule has 142 valence electrons. The van der Waals surface area contributed by atoms with Crippen LogP contribution in [0, 0.1) is 5.92 Å². The van der Waals surface area contributed by atoms with Gasteiger partial charge in [0.15, 0.2) is 15.0 Å². The number of aliphatic imine (C=N–C) groups is 1. The number of amides is 1. The van der Waals surface area contributed by atoms with Crippen molar-refractivity contribution in [1.82, 2.24) is 0 Å². The van der Waals surface area contributed by atoms with Gasteiger partial charge < -0.3 is 4.90 Å². The smallest absolute Gasteiger partial charge is 0.251 e. The fourth-order valence-corrected chi connectivity index (χ4v) is 8.02. The first-order valence-corrected chi connectivity index (χ1v) is 12.4. The molecule has 2 fully saturated rings. The van der Waals surface area contributed by atoms with Crippen molar-refractivity contribution in [3.8, 4) is 0 Å². The van der Waals surface area contributed by atoms with Crippen LogP contribution in [-0.2, 0) is 14.6 Å². The van der Waals surface area contributed by atoms with Crippen LogP contribution < -0.4 is 4.90 Å². The SMILES string of the molecule is CCC(CC)C(=O)N=C1S[C@H]2CS(=O)(=O)C[C@@H]2N1c1ccc(Br)cc1Cl. The molecule has 1 aromatic rings. The largest absolute Gasteiger partial charge is 0.314 e. The quantitative estimate of drug-likeness (QED) is 0.649. The number of carbonyl (C=O) groups is 1. The highest BCUT2D eigenvalue weighted by molar-refractivity contribution is 9.10. The molecule has 2 atom stereocenters. The molecule has 0 aromatic heterocycles. The van der Waals surface area contributed by atoms with Gasteiger partial charge in [-0.05, 0) is 31.0 Å². The van der Waals surface area contributed by atoms with Crippen molar-refractivity contribution in [2.75, 3.05) is 16.4 Å². The summed E-state index contributed by atoms with van der Waals surface area (Å²) in [6, 6.07) is 5.19. The molecule has 2 aliphatic heterocycles. The van der Waals surface area contributed by atoms with E-state index in [9.17, 15) is 13.2 Å². The molecule has 26 heavy (non-hydrogen) atoms. The van der Waals surface area contributed by atoms with E-state index < -0.39 is 9.84 Å². The highest BCUT2D eigenvalue weighted by Gasteiger charge is 2.49. The van der Waals surface area contributed by atoms with E-state index in [-0.39, 0.29) is 34.6 Å². The third-order valence-electron chi connectivity index (χ3n) is 4.78. The zero-order valence-corrected chi connectivity index (χ0v) is 18.5. The number of benzene rings is 1. The Labute approximate surface area is 171 Å². The summed E-state index contributed by atoms with van der Waals surface area (Å²) in [5.41, 5.74) is 0.683. The van der Waals surface area contributed by atoms with Gasteiger partial charge in [-0.3, -0.25) is 4.79 Å². The van der Waals surface area contributed by atoms with Gasteiger partial charge in [0.25, 0.3) is 5.91 Å². The third-order valence-corrected chi connectivity index (χ3v) is 8.78. The molecule has 1 amide bonds. The Morgan fingerprint density at radius 1 is 1.38 bits per heavy atom. The Morgan fingerprint density at radius 2 is 2.08 bits per heavy atom. The maximum atomic E-state index is 12.5. The lowest BCUT2D eigenvalue weighted by atomic mass is 10.0. The number of sulfone groups is 1. The Morgan fingerprint density at radius 3 is 2.69 bits per heavy atom. The predicted molar refractivity (Wildman–Crippen MR) is 112 cm³/mol. The number of fused-ring (bicyclic) bond motifs is 1. The summed E-state index contributed by atoms with van der Waals surface area (Å²) in [5, 5.41) is 0.914. The maximum Gasteiger partial charge on any atom is 0.251 e. The number of thioether (sulfide) groups is 1. The second-order valence-electron chi connectivity index (χ2n) is 6.51. The molecule has 9 heteroatoms. The Balaban J connectivity index is 2.02. The van der Waals surface area contributed by atoms with Gasteiger partial charge in [0, 0.05) is 15.6 Å². The fourth-order valence-electron chi connectivity index (χ4n) is 3.35. The molecule has 0 N–H and O–H groups in total. The van der Waals surface area contributed by atoms with Crippen molar-refractivity contribution in [2.45, 2.75) is 38.0 Å². The van der Waals surface area contributed by atoms with Crippen LogP contribution in [0.1, 0.15) is 26.7 Å². The van der Waals surface area contributed by atoms with Gasteiger partial charge in [0.05, 0.1) is 28.3 Å². The number of anilines is 1. The van der Waals surface area contributed by atoms with Crippen LogP contribution in [-0.4, -0.2) is 42.3 Å². The van der Waals surface area contributed by atoms with Crippen LogP contribution >= 0.6 is 39.3 Å². The summed E-state index contributed by atoms with van der Waals surface area (Å²) in [6.07, 6.45) is 1.47. The number of rotatable bonds is 4. The minimum atomic E-state index is -3.10. The lowest BCUT2D eigenvalue weighted by molar-refractivity contribution is -0.121. The van der Waals surface area contributed by atoms with Gasteiger partial charge in [-0.1, -0.05) is 53.1 Å². The van der Waals surface area contributed by atoms with Crippen LogP contribution in [0.2, 0.25) is 5.02 Å². The Kier molecular flexibility index (Phi) is 6.06. The molecule has 0 saturated carbocycles. The molecule has 0 radical (unpaired) electrons. The molecule has 1 aromatic carbocycles. The summed E-state index contributed by atoms with van der Waals surface area (Å²) < 4.78 is 25.0. The average molecular weight is 480 g/mol. The Bertz CT molecular complexity index is 856. The summed E-state index contributed by atoms with van der Waals surface area (Å²) >= 11 is 11.2. The second kappa shape index (κ2) is 7.81. The van der Waals surface area contributed by atoms with E-state index in [0.717, 1.165) is 17.3 Å². The molecule has 5 nitrogen and oxygen atoms in total. The topological polar surface area (TPSA) is 66.8 Å². The Hall–Kier alpha value is -0.570. The monoisotopic (exact) mass is 478 g/mol. The fraction of sp³-hybridized carbons (Fsp3) is 0.529. The van der Waals surface area contributed by atoms with Crippen molar-refractivity contribution in [2.24, 2.45) is 10.9 Å². The lowest BCUT2D eigenvalue weighted by Crippen LogP contribution is -2.38. The predicted octanol–water partition coefficient (Wildman–Crippen LogP) is 4.14. The van der Waals surface area contributed by atoms with Crippen molar-refractivity contribution in [3.63, 3.8) is 0 Å². The number of nitrogens with zero attached hydrogens (tertiary/aromatic N) is 2. The van der Waals surface area contributed by atoms with Crippen molar-refractivity contribution >= 4 is 65.9 Å². The van der Waals surface area contributed by atoms with Crippen LogP contribution in [0.5, 0.6) is 0 Å². The normalized spacial score (nSPS) is 25.9. The van der Waals surface area contributed by atoms with E-state index >= 15 is 0 Å². The van der Waals surface area contributed by atoms with Gasteiger partial charge in [-0.25, -0.2) is 8.42 Å². The molecule has 0 bridgehead atoms. The summed E-state index contributed by atoms with van der Waals surface area (Å²) in [6.45, 7) is 3.94. The van der Waals surface area contributed by atoms with Gasteiger partial charge in [-0.2, -0.15) is 4.99 Å². The molecule has 0 spiro atoms. The highest BCUT2D eigenvalue weighted by atomic mass is 79.9. The van der Waals surface area contributed by atoms with Crippen LogP contribution in [0.15, 0.2) is 27.7 Å². The van der Waals surface area contributed by atoms with Crippen molar-refractivity contribution in [1.29, 1.82) is 0 Å². The first-order valence-electron chi connectivity index (χ1n) is 8.49. The third kappa shape index (κ3) is 3.98. The van der Waals surface area contributed by atoms with Crippen molar-refractivity contribution in [3.05, 3.63) is 27.7 Å². The molecule has 0 unspecified atom stereocenters. The molecule has 2 aliphatic rings. The number of amidine groups is 1. The highest BCUT2D eigenvalue weighted by Crippen LogP contribution is 2.43. The van der Waals surface area contributed by atoms with Crippen LogP contribution in [0.3, 0.4) is 0 Å². The van der Waals surface area contributed by atoms with Crippen molar-refractivity contribution < 1.29 is 13.2 Å². The number of carbonyl (C=O) groups excluding carboxylic acids is 1. The molecule has 0 aliphatic carbocycles. The van der Waals surface area contributed by atoms with E-state index in [2.05, 4.69) is 20.9 Å². The zero-order chi connectivity index (χ0) is 19.1. The molecule has 2 saturated heterocycles. The van der Waals surface area contributed by atoms with E-state index in [1.54, 1.807) is 6.07 Å². The average Bonchev–Trinajstić information content (AvgIpc) is 3.00. The number of hydrogen-bond donors (Lipinski definition) is 0. The van der Waals surface area contributed by atoms with E-state index in [0.29, 0.717) is 15.9 Å². The first-order chi connectivity index (χ1) is 12.3. The van der Waals surface area contributed by atoms with E-state index in [1.807, 2.05) is 30.9 Å². The summed E-state index contributed by atoms with van der Waals surface area (Å²) in [5.74, 6) is -0.117. The van der Waals surface area contributed by atoms with Crippen LogP contribution in [0.4, 0.5) is 5.69 Å². The van der Waals surface area contributed by atoms with E-state index in [1.165, 1.54) is 11.8 Å². The minimum absolute atomic E-state index is 0.0508. The summed E-state index contributed by atoms with van der Waals surface area (Å²) in [7, 11) is -3.10. The van der Waals surface area contributed by atoms with Gasteiger partial charge in [0.2, 0.25) is 0 Å². The minimum Gasteiger partial charge on any atom is -0.314 e. The van der Waals surface area contributed by atoms with Crippen LogP contribution in [0.25, 0.3) is 0 Å². The molecular formula is C17H20BrClN2O3S2. The zero-order valence-electron chi connectivity index (χ0n) is 14.5. The second-order valence-corrected chi connectivity index (χ2v) is 11.2. The molecule has 2 heterocycles. The van der Waals surface area contributed by atoms with E-state index in [4.69, 9.17) is 11.6 Å². The maximum absolute atomic E-state index is 12.5. The van der Waals surface area contributed by atoms with Gasteiger partial charge in [-0.15, -0.1) is 0 Å². The van der Waals surface area contributed by atoms with Gasteiger partial charge >= 0.3 is 0 Å². The number of halogens is 2.